The summed E-state index contributed by atoms with van der Waals surface area (Å²) in [4.78, 5) is 1.21. The van der Waals surface area contributed by atoms with Crippen molar-refractivity contribution in [1.82, 2.24) is 0 Å². The predicted octanol–water partition coefficient (Wildman–Crippen LogP) is 5.32. The Balaban J connectivity index is 1.92. The molecule has 1 aliphatic heterocycles. The normalized spacial score (nSPS) is 18.6. The second-order valence-electron chi connectivity index (χ2n) is 7.08. The first kappa shape index (κ1) is 17.5. The molecule has 0 saturated heterocycles. The van der Waals surface area contributed by atoms with E-state index in [4.69, 9.17) is 0 Å². The van der Waals surface area contributed by atoms with Gasteiger partial charge in [0.05, 0.1) is 0 Å². The van der Waals surface area contributed by atoms with E-state index < -0.39 is 7.14 Å². The molecule has 3 aromatic rings. The highest BCUT2D eigenvalue weighted by Crippen LogP contribution is 2.59. The fourth-order valence-corrected chi connectivity index (χ4v) is 8.66. The third-order valence-corrected chi connectivity index (χ3v) is 10.00. The first-order chi connectivity index (χ1) is 12.5. The number of nitrogens with one attached hydrogen (secondary N) is 1. The van der Waals surface area contributed by atoms with Crippen LogP contribution < -0.4 is 15.9 Å². The number of hydrogen-bond acceptors (Lipinski definition) is 3. The summed E-state index contributed by atoms with van der Waals surface area (Å²) in [5.74, 6) is -0.195. The zero-order valence-corrected chi connectivity index (χ0v) is 16.6. The van der Waals surface area contributed by atoms with E-state index in [1.54, 1.807) is 11.8 Å². The van der Waals surface area contributed by atoms with Gasteiger partial charge in [-0.3, -0.25) is 0 Å². The van der Waals surface area contributed by atoms with Crippen molar-refractivity contribution in [3.63, 3.8) is 0 Å². The van der Waals surface area contributed by atoms with Crippen LogP contribution in [0.3, 0.4) is 0 Å². The summed E-state index contributed by atoms with van der Waals surface area (Å²) in [5.41, 5.74) is 1.06. The standard InChI is InChI=1S/C22H22NOPS/c1-22(2)21(23-19-15-9-10-16-20(19)26-22)25(24,17-11-5-3-6-12-17)18-13-7-4-8-14-18/h3-16,21,23H,1-2H3/t21-/m0/s1. The molecule has 1 aliphatic rings. The molecule has 0 fully saturated rings. The second kappa shape index (κ2) is 6.64. The van der Waals surface area contributed by atoms with Gasteiger partial charge < -0.3 is 9.88 Å². The van der Waals surface area contributed by atoms with Crippen molar-refractivity contribution < 1.29 is 4.57 Å². The molecule has 0 bridgehead atoms. The number of anilines is 1. The quantitative estimate of drug-likeness (QED) is 0.624. The van der Waals surface area contributed by atoms with Gasteiger partial charge in [-0.25, -0.2) is 0 Å². The summed E-state index contributed by atoms with van der Waals surface area (Å²) in [6, 6.07) is 28.1. The molecule has 0 radical (unpaired) electrons. The van der Waals surface area contributed by atoms with E-state index in [9.17, 15) is 4.57 Å². The number of rotatable bonds is 3. The number of hydrogen-bond donors (Lipinski definition) is 1. The molecule has 3 aromatic carbocycles. The molecular formula is C22H22NOPS. The van der Waals surface area contributed by atoms with Crippen LogP contribution in [0.5, 0.6) is 0 Å². The highest BCUT2D eigenvalue weighted by atomic mass is 32.2. The largest absolute Gasteiger partial charge is 0.373 e. The maximum atomic E-state index is 14.7. The van der Waals surface area contributed by atoms with Crippen molar-refractivity contribution in [2.24, 2.45) is 0 Å². The lowest BCUT2D eigenvalue weighted by Crippen LogP contribution is -2.46. The van der Waals surface area contributed by atoms with Crippen LogP contribution in [0.4, 0.5) is 5.69 Å². The minimum absolute atomic E-state index is 0.195. The van der Waals surface area contributed by atoms with Crippen LogP contribution in [0, 0.1) is 0 Å². The van der Waals surface area contributed by atoms with Crippen LogP contribution in [-0.4, -0.2) is 10.5 Å². The van der Waals surface area contributed by atoms with E-state index in [1.807, 2.05) is 66.7 Å². The first-order valence-electron chi connectivity index (χ1n) is 8.77. The Hall–Kier alpha value is -1.96. The van der Waals surface area contributed by atoms with Crippen LogP contribution in [0.2, 0.25) is 0 Å². The van der Waals surface area contributed by atoms with Gasteiger partial charge in [0.2, 0.25) is 0 Å². The summed E-state index contributed by atoms with van der Waals surface area (Å²) in [6.07, 6.45) is 0. The molecule has 0 saturated carbocycles. The van der Waals surface area contributed by atoms with Gasteiger partial charge >= 0.3 is 0 Å². The third kappa shape index (κ3) is 2.90. The smallest absolute Gasteiger partial charge is 0.165 e. The lowest BCUT2D eigenvalue weighted by Gasteiger charge is -2.44. The highest BCUT2D eigenvalue weighted by molar-refractivity contribution is 8.01. The Morgan fingerprint density at radius 1 is 0.808 bits per heavy atom. The first-order valence-corrected chi connectivity index (χ1v) is 11.4. The van der Waals surface area contributed by atoms with Crippen molar-refractivity contribution in [2.45, 2.75) is 29.3 Å². The molecule has 4 heteroatoms. The van der Waals surface area contributed by atoms with Crippen molar-refractivity contribution in [3.05, 3.63) is 84.9 Å². The Labute approximate surface area is 159 Å². The van der Waals surface area contributed by atoms with Gasteiger partial charge in [0, 0.05) is 25.9 Å². The van der Waals surface area contributed by atoms with Crippen LogP contribution in [-0.2, 0) is 4.57 Å². The zero-order valence-electron chi connectivity index (χ0n) is 14.9. The predicted molar refractivity (Wildman–Crippen MR) is 114 cm³/mol. The second-order valence-corrected chi connectivity index (χ2v) is 11.6. The number of fused-ring (bicyclic) bond motifs is 1. The van der Waals surface area contributed by atoms with Gasteiger partial charge in [-0.05, 0) is 26.0 Å². The molecule has 1 heterocycles. The molecule has 132 valence electrons. The number of benzene rings is 3. The Morgan fingerprint density at radius 2 is 1.31 bits per heavy atom. The van der Waals surface area contributed by atoms with Crippen LogP contribution >= 0.6 is 18.9 Å². The average molecular weight is 379 g/mol. The fraction of sp³-hybridized carbons (Fsp3) is 0.182. The van der Waals surface area contributed by atoms with E-state index in [-0.39, 0.29) is 10.5 Å². The molecule has 0 aromatic heterocycles. The molecule has 1 N–H and O–H groups in total. The number of para-hydroxylation sites is 1. The summed E-state index contributed by atoms with van der Waals surface area (Å²) in [7, 11) is -2.91. The van der Waals surface area contributed by atoms with Crippen molar-refractivity contribution in [1.29, 1.82) is 0 Å². The molecule has 4 rings (SSSR count). The van der Waals surface area contributed by atoms with E-state index in [1.165, 1.54) is 4.90 Å². The summed E-state index contributed by atoms with van der Waals surface area (Å²) >= 11 is 1.80. The molecule has 0 unspecified atom stereocenters. The third-order valence-electron chi connectivity index (χ3n) is 4.85. The van der Waals surface area contributed by atoms with Gasteiger partial charge in [-0.2, -0.15) is 0 Å². The average Bonchev–Trinajstić information content (AvgIpc) is 2.67. The van der Waals surface area contributed by atoms with Crippen molar-refractivity contribution in [2.75, 3.05) is 5.32 Å². The molecule has 0 spiro atoms. The Morgan fingerprint density at radius 3 is 1.88 bits per heavy atom. The lowest BCUT2D eigenvalue weighted by atomic mass is 10.2. The molecule has 26 heavy (non-hydrogen) atoms. The van der Waals surface area contributed by atoms with Crippen molar-refractivity contribution in [3.8, 4) is 0 Å². The maximum Gasteiger partial charge on any atom is 0.165 e. The number of thioether (sulfide) groups is 1. The van der Waals surface area contributed by atoms with Crippen molar-refractivity contribution >= 4 is 35.2 Å². The van der Waals surface area contributed by atoms with E-state index in [0.717, 1.165) is 16.3 Å². The minimum Gasteiger partial charge on any atom is -0.373 e. The highest BCUT2D eigenvalue weighted by Gasteiger charge is 2.48. The fourth-order valence-electron chi connectivity index (χ4n) is 3.61. The molecule has 1 atom stereocenters. The van der Waals surface area contributed by atoms with E-state index in [0.29, 0.717) is 0 Å². The summed E-state index contributed by atoms with van der Waals surface area (Å²) in [5, 5.41) is 5.44. The van der Waals surface area contributed by atoms with Crippen LogP contribution in [0.25, 0.3) is 0 Å². The minimum atomic E-state index is -2.91. The lowest BCUT2D eigenvalue weighted by molar-refractivity contribution is 0.566. The topological polar surface area (TPSA) is 29.1 Å². The van der Waals surface area contributed by atoms with Crippen LogP contribution in [0.1, 0.15) is 13.8 Å². The van der Waals surface area contributed by atoms with E-state index in [2.05, 4.69) is 37.4 Å². The Bertz CT molecular complexity index is 913. The summed E-state index contributed by atoms with van der Waals surface area (Å²) < 4.78 is 14.5. The SMILES string of the molecule is CC1(C)Sc2ccccc2N[C@H]1P(=O)(c1ccccc1)c1ccccc1. The molecular weight excluding hydrogens is 357 g/mol. The summed E-state index contributed by atoms with van der Waals surface area (Å²) in [6.45, 7) is 4.37. The van der Waals surface area contributed by atoms with E-state index >= 15 is 0 Å². The maximum absolute atomic E-state index is 14.7. The van der Waals surface area contributed by atoms with Gasteiger partial charge in [0.15, 0.2) is 7.14 Å². The monoisotopic (exact) mass is 379 g/mol. The Kier molecular flexibility index (Phi) is 4.46. The van der Waals surface area contributed by atoms with Crippen LogP contribution in [0.15, 0.2) is 89.8 Å². The van der Waals surface area contributed by atoms with Gasteiger partial charge in [0.25, 0.3) is 0 Å². The van der Waals surface area contributed by atoms with Gasteiger partial charge in [-0.15, -0.1) is 11.8 Å². The van der Waals surface area contributed by atoms with Gasteiger partial charge in [0.1, 0.15) is 5.78 Å². The zero-order chi connectivity index (χ0) is 18.2. The molecule has 0 amide bonds. The molecule has 0 aliphatic carbocycles. The molecule has 2 nitrogen and oxygen atoms in total. The van der Waals surface area contributed by atoms with Gasteiger partial charge in [-0.1, -0.05) is 72.8 Å².